The molecule has 1 aromatic rings. The van der Waals surface area contributed by atoms with Gasteiger partial charge in [-0.15, -0.1) is 4.83 Å². The van der Waals surface area contributed by atoms with Crippen LogP contribution in [0.2, 0.25) is 0 Å². The van der Waals surface area contributed by atoms with Gasteiger partial charge in [0, 0.05) is 43.2 Å². The van der Waals surface area contributed by atoms with E-state index in [1.54, 1.807) is 0 Å². The summed E-state index contributed by atoms with van der Waals surface area (Å²) in [5.41, 5.74) is 6.73. The molecule has 15 heteroatoms. The van der Waals surface area contributed by atoms with E-state index in [9.17, 15) is 24.1 Å². The monoisotopic (exact) mass is 769 g/mol. The van der Waals surface area contributed by atoms with Crippen molar-refractivity contribution in [2.75, 3.05) is 38.8 Å². The molecule has 4 aliphatic carbocycles. The summed E-state index contributed by atoms with van der Waals surface area (Å²) in [6.07, 6.45) is 5.80. The number of benzene rings is 1. The van der Waals surface area contributed by atoms with Crippen molar-refractivity contribution in [1.82, 2.24) is 9.50 Å². The van der Waals surface area contributed by atoms with E-state index in [1.807, 2.05) is 20.2 Å². The largest absolute Gasteiger partial charge is 0.447 e. The normalized spacial score (nSPS) is 31.1. The number of carbonyl (C=O) groups is 3. The first-order valence-corrected chi connectivity index (χ1v) is 17.6. The molecule has 2 saturated carbocycles. The van der Waals surface area contributed by atoms with Crippen molar-refractivity contribution in [2.24, 2.45) is 17.3 Å². The van der Waals surface area contributed by atoms with Crippen LogP contribution in [-0.4, -0.2) is 71.8 Å². The van der Waals surface area contributed by atoms with Crippen LogP contribution in [0.1, 0.15) is 69.8 Å². The lowest BCUT2D eigenvalue weighted by Gasteiger charge is -2.53. The fourth-order valence-corrected chi connectivity index (χ4v) is 10.8. The van der Waals surface area contributed by atoms with Gasteiger partial charge in [0.2, 0.25) is 0 Å². The first-order valence-electron chi connectivity index (χ1n) is 16.0. The Morgan fingerprint density at radius 1 is 0.980 bits per heavy atom. The average molecular weight is 770 g/mol. The van der Waals surface area contributed by atoms with Gasteiger partial charge < -0.3 is 14.7 Å². The van der Waals surface area contributed by atoms with Gasteiger partial charge in [0.1, 0.15) is 12.2 Å². The molecule has 0 spiro atoms. The molecule has 1 aromatic carbocycles. The van der Waals surface area contributed by atoms with Crippen LogP contribution in [0, 0.1) is 28.8 Å². The molecule has 6 aliphatic rings. The predicted octanol–water partition coefficient (Wildman–Crippen LogP) is 5.60. The Hall–Kier alpha value is -1.98. The second kappa shape index (κ2) is 15.3. The van der Waals surface area contributed by atoms with Gasteiger partial charge in [0.25, 0.3) is 5.91 Å². The third-order valence-corrected chi connectivity index (χ3v) is 13.4. The van der Waals surface area contributed by atoms with E-state index in [2.05, 4.69) is 47.7 Å². The van der Waals surface area contributed by atoms with Crippen LogP contribution in [0.15, 0.2) is 47.1 Å². The third-order valence-electron chi connectivity index (χ3n) is 11.2. The number of hydrogen-bond acceptors (Lipinski definition) is 8. The van der Waals surface area contributed by atoms with Crippen molar-refractivity contribution >= 4 is 84.9 Å². The number of rotatable bonds is 4. The van der Waals surface area contributed by atoms with Crippen molar-refractivity contribution in [2.45, 2.75) is 69.8 Å². The second-order valence-corrected chi connectivity index (χ2v) is 15.8. The number of amides is 2. The van der Waals surface area contributed by atoms with Gasteiger partial charge in [0.05, 0.1) is 19.6 Å². The van der Waals surface area contributed by atoms with Crippen molar-refractivity contribution < 1.29 is 33.6 Å². The zero-order chi connectivity index (χ0) is 31.7. The molecule has 2 saturated heterocycles. The first-order chi connectivity index (χ1) is 21.4. The van der Waals surface area contributed by atoms with Gasteiger partial charge >= 0.3 is 13.5 Å². The molecule has 2 amide bonds. The Balaban J connectivity index is 0.00000163. The average Bonchev–Trinajstić information content (AvgIpc) is 3.73. The quantitative estimate of drug-likeness (QED) is 0.311. The molecule has 10 nitrogen and oxygen atoms in total. The van der Waals surface area contributed by atoms with E-state index in [-0.39, 0.29) is 104 Å². The number of hydroxylamine groups is 1. The minimum Gasteiger partial charge on any atom is -0.447 e. The van der Waals surface area contributed by atoms with Gasteiger partial charge in [0.15, 0.2) is 5.78 Å². The molecule has 0 bridgehead atoms. The number of fused-ring (bicyclic) bond motifs is 4. The number of nitrogens with zero attached hydrogens (tertiary/aromatic N) is 3. The highest BCUT2D eigenvalue weighted by atomic mass is 32.1. The van der Waals surface area contributed by atoms with Gasteiger partial charge in [-0.1, -0.05) is 30.6 Å². The van der Waals surface area contributed by atoms with Crippen molar-refractivity contribution in [1.29, 1.82) is 0 Å². The number of hydrogen-bond donors (Lipinski definition) is 1. The molecule has 1 N–H and O–H groups in total. The standard InChI is InChI=1S/C34H40N3O7P.4H2S/c1-33-21-28(22-4-7-24(8-5-22)35(2)3)31-26-11-9-25(38)20-23(26)6-10-27(31)29(33)12-14-34(33,41)15-19-45(42,36-16-18-43-32(36)40)37-30(39)13-17-44-37;;;;/h4-5,7-8,20,27-29,41H,6,9-14,16-18,21H2,1-3H3;4*1H2/t27-,28+,29-,33-,34+,45?;;;;/m0..../s1. The van der Waals surface area contributed by atoms with E-state index in [1.165, 1.54) is 11.1 Å². The molecule has 0 aromatic heterocycles. The minimum atomic E-state index is -4.20. The van der Waals surface area contributed by atoms with Crippen LogP contribution in [0.4, 0.5) is 10.5 Å². The number of allylic oxidation sites excluding steroid dienone is 4. The maximum atomic E-state index is 14.5. The third kappa shape index (κ3) is 6.74. The topological polar surface area (TPSA) is 117 Å². The summed E-state index contributed by atoms with van der Waals surface area (Å²) in [5, 5.41) is 12.5. The molecule has 4 fully saturated rings. The Bertz CT molecular complexity index is 1630. The van der Waals surface area contributed by atoms with E-state index in [0.29, 0.717) is 19.3 Å². The van der Waals surface area contributed by atoms with Crippen LogP contribution >= 0.6 is 61.4 Å². The molecule has 1 unspecified atom stereocenters. The Morgan fingerprint density at radius 3 is 2.31 bits per heavy atom. The lowest BCUT2D eigenvalue weighted by molar-refractivity contribution is -0.141. The Kier molecular flexibility index (Phi) is 13.0. The van der Waals surface area contributed by atoms with Gasteiger partial charge in [-0.25, -0.2) is 9.46 Å². The van der Waals surface area contributed by atoms with Crippen LogP contribution in [0.5, 0.6) is 0 Å². The predicted molar refractivity (Wildman–Crippen MR) is 208 cm³/mol. The number of aliphatic hydroxyl groups is 1. The molecular weight excluding hydrogens is 722 g/mol. The second-order valence-electron chi connectivity index (χ2n) is 13.6. The minimum absolute atomic E-state index is 0. The number of ketones is 1. The molecule has 49 heavy (non-hydrogen) atoms. The van der Waals surface area contributed by atoms with Gasteiger partial charge in [-0.2, -0.15) is 54.0 Å². The first kappa shape index (κ1) is 41.4. The lowest BCUT2D eigenvalue weighted by Crippen LogP contribution is -2.51. The molecule has 6 atom stereocenters. The van der Waals surface area contributed by atoms with E-state index < -0.39 is 30.5 Å². The van der Waals surface area contributed by atoms with Crippen molar-refractivity contribution in [3.05, 3.63) is 52.6 Å². The number of carbonyl (C=O) groups excluding carboxylic acids is 3. The Morgan fingerprint density at radius 2 is 1.69 bits per heavy atom. The molecule has 7 rings (SSSR count). The van der Waals surface area contributed by atoms with Crippen LogP contribution in [0.25, 0.3) is 0 Å². The van der Waals surface area contributed by atoms with Crippen LogP contribution in [-0.2, 0) is 23.7 Å². The smallest absolute Gasteiger partial charge is 0.417 e. The molecule has 270 valence electrons. The maximum absolute atomic E-state index is 14.5. The summed E-state index contributed by atoms with van der Waals surface area (Å²) in [6.45, 7) is 2.20. The Labute approximate surface area is 316 Å². The summed E-state index contributed by atoms with van der Waals surface area (Å²) in [6, 6.07) is 8.58. The van der Waals surface area contributed by atoms with E-state index >= 15 is 0 Å². The van der Waals surface area contributed by atoms with Crippen molar-refractivity contribution in [3.8, 4) is 11.6 Å². The van der Waals surface area contributed by atoms with Crippen LogP contribution < -0.4 is 4.90 Å². The summed E-state index contributed by atoms with van der Waals surface area (Å²) >= 11 is 0. The molecule has 2 heterocycles. The molecule has 0 radical (unpaired) electrons. The SMILES string of the molecule is CN(C)c1ccc([C@H]2C[C@@]3(C)[C@@H](CC[C@@]3(O)C#CP(=O)(N3CCOC3=O)N3OCCC3=O)[C@@H]3CCC4=CC(=O)CCC4=C32)cc1.S.S.S.S. The highest BCUT2D eigenvalue weighted by Crippen LogP contribution is 2.67. The fraction of sp³-hybridized carbons (Fsp3) is 0.559. The van der Waals surface area contributed by atoms with E-state index in [4.69, 9.17) is 9.57 Å². The van der Waals surface area contributed by atoms with E-state index in [0.717, 1.165) is 52.0 Å². The number of ether oxygens (including phenoxy) is 1. The van der Waals surface area contributed by atoms with Crippen LogP contribution in [0.3, 0.4) is 0 Å². The highest BCUT2D eigenvalue weighted by Gasteiger charge is 2.63. The molecular formula is C34H48N3O7PS4. The van der Waals surface area contributed by atoms with Crippen molar-refractivity contribution in [3.63, 3.8) is 0 Å². The number of cyclic esters (lactones) is 1. The lowest BCUT2D eigenvalue weighted by atomic mass is 9.51. The summed E-state index contributed by atoms with van der Waals surface area (Å²) in [4.78, 5) is 45.9. The summed E-state index contributed by atoms with van der Waals surface area (Å²) in [7, 11) is -0.172. The van der Waals surface area contributed by atoms with Gasteiger partial charge in [-0.05, 0) is 85.3 Å². The number of anilines is 1. The summed E-state index contributed by atoms with van der Waals surface area (Å²) in [5.74, 6) is 3.05. The zero-order valence-electron chi connectivity index (χ0n) is 28.1. The highest BCUT2D eigenvalue weighted by molar-refractivity contribution is 7.65. The maximum Gasteiger partial charge on any atom is 0.417 e. The zero-order valence-corrected chi connectivity index (χ0v) is 33.0. The molecule has 2 aliphatic heterocycles. The van der Waals surface area contributed by atoms with Gasteiger partial charge in [-0.3, -0.25) is 19.0 Å². The summed E-state index contributed by atoms with van der Waals surface area (Å²) < 4.78 is 20.5. The fourth-order valence-electron chi connectivity index (χ4n) is 8.79.